The van der Waals surface area contributed by atoms with E-state index in [9.17, 15) is 28.3 Å². The highest BCUT2D eigenvalue weighted by atomic mass is 35.5. The van der Waals surface area contributed by atoms with Gasteiger partial charge in [-0.15, -0.1) is 0 Å². The molecule has 0 aliphatic carbocycles. The first-order valence-electron chi connectivity index (χ1n) is 16.6. The Balaban J connectivity index is 1.63. The Morgan fingerprint density at radius 2 is 1.57 bits per heavy atom. The number of aliphatic hydroxyl groups is 1. The lowest BCUT2D eigenvalue weighted by atomic mass is 9.80. The largest absolute Gasteiger partial charge is 0.392 e. The number of amides is 2. The van der Waals surface area contributed by atoms with Crippen LogP contribution in [0.1, 0.15) is 89.8 Å². The fourth-order valence-electron chi connectivity index (χ4n) is 6.55. The second kappa shape index (κ2) is 17.0. The lowest BCUT2D eigenvalue weighted by Gasteiger charge is -2.31. The second-order valence-electron chi connectivity index (χ2n) is 12.7. The van der Waals surface area contributed by atoms with Crippen molar-refractivity contribution in [2.75, 3.05) is 19.6 Å². The van der Waals surface area contributed by atoms with E-state index in [-0.39, 0.29) is 36.0 Å². The minimum atomic E-state index is -1.25. The predicted octanol–water partition coefficient (Wildman–Crippen LogP) is 7.81. The summed E-state index contributed by atoms with van der Waals surface area (Å²) in [5, 5.41) is 12.5. The Hall–Kier alpha value is -3.62. The molecule has 0 bridgehead atoms. The van der Waals surface area contributed by atoms with Crippen LogP contribution >= 0.6 is 11.6 Å². The number of aryl methyl sites for hydroxylation is 1. The molecule has 1 heterocycles. The molecule has 2 amide bonds. The molecule has 1 aliphatic heterocycles. The van der Waals surface area contributed by atoms with Crippen molar-refractivity contribution < 1.29 is 28.3 Å². The number of carbonyl (C=O) groups excluding carboxylic acids is 3. The van der Waals surface area contributed by atoms with Gasteiger partial charge in [-0.05, 0) is 104 Å². The number of aliphatic hydroxyl groups excluding tert-OH is 1. The molecule has 3 atom stereocenters. The third-order valence-corrected chi connectivity index (χ3v) is 9.04. The lowest BCUT2D eigenvalue weighted by Crippen LogP contribution is -2.43. The minimum Gasteiger partial charge on any atom is -0.392 e. The molecule has 3 aromatic carbocycles. The zero-order valence-corrected chi connectivity index (χ0v) is 28.2. The van der Waals surface area contributed by atoms with E-state index in [1.165, 1.54) is 12.1 Å². The summed E-state index contributed by atoms with van der Waals surface area (Å²) in [6.45, 7) is 7.92. The number of Topliss-reactive ketones (excluding diaryl/α,β-unsaturated/α-hetero) is 1. The highest BCUT2D eigenvalue weighted by Gasteiger charge is 2.37. The zero-order valence-electron chi connectivity index (χ0n) is 27.5. The number of hydrogen-bond acceptors (Lipinski definition) is 4. The van der Waals surface area contributed by atoms with E-state index in [4.69, 9.17) is 11.6 Å². The maximum atomic E-state index is 14.2. The molecule has 9 heteroatoms. The number of ketones is 1. The third-order valence-electron chi connectivity index (χ3n) is 8.79. The van der Waals surface area contributed by atoms with Gasteiger partial charge in [0.2, 0.25) is 5.91 Å². The Bertz CT molecular complexity index is 1520. The van der Waals surface area contributed by atoms with Crippen LogP contribution in [0.3, 0.4) is 0 Å². The number of carbonyl (C=O) groups is 3. The van der Waals surface area contributed by atoms with E-state index in [0.717, 1.165) is 36.5 Å². The quantitative estimate of drug-likeness (QED) is 0.178. The standard InChI is InChI=1S/C38H45ClF2N2O4/c1-4-13-42(14-5-2)37(46)30-17-25(3)16-28(21-30)35(44)22-29(18-27-19-32(40)23-33(41)20-27)36(45)34-8-6-7-15-43(38(34)47)24-26-9-11-31(39)12-10-26/h9-12,16-17,19-21,23,29,34,36,45H,4-8,13-15,18,22,24H2,1-3H3/t29-,34+,36+/m1/s1. The number of benzene rings is 3. The van der Waals surface area contributed by atoms with Gasteiger partial charge in [0.1, 0.15) is 11.6 Å². The normalized spacial score (nSPS) is 16.4. The van der Waals surface area contributed by atoms with Gasteiger partial charge in [-0.2, -0.15) is 0 Å². The number of hydrogen-bond donors (Lipinski definition) is 1. The molecule has 3 aromatic rings. The van der Waals surface area contributed by atoms with Crippen LogP contribution in [0.25, 0.3) is 0 Å². The zero-order chi connectivity index (χ0) is 34.1. The smallest absolute Gasteiger partial charge is 0.253 e. The Labute approximate surface area is 281 Å². The van der Waals surface area contributed by atoms with Crippen LogP contribution in [0.15, 0.2) is 60.7 Å². The molecular formula is C38H45ClF2N2O4. The SMILES string of the molecule is CCCN(CCC)C(=O)c1cc(C)cc(C(=O)C[C@@H](Cc2cc(F)cc(F)c2)[C@H](O)[C@@H]2CCCCN(Cc3ccc(Cl)cc3)C2=O)c1. The van der Waals surface area contributed by atoms with Gasteiger partial charge in [-0.25, -0.2) is 8.78 Å². The average Bonchev–Trinajstić information content (AvgIpc) is 3.21. The Morgan fingerprint density at radius 3 is 2.21 bits per heavy atom. The molecule has 6 nitrogen and oxygen atoms in total. The number of nitrogens with zero attached hydrogens (tertiary/aromatic N) is 2. The molecule has 0 spiro atoms. The van der Waals surface area contributed by atoms with E-state index in [0.29, 0.717) is 55.2 Å². The van der Waals surface area contributed by atoms with Crippen molar-refractivity contribution in [1.29, 1.82) is 0 Å². The van der Waals surface area contributed by atoms with Crippen LogP contribution in [0.4, 0.5) is 8.78 Å². The molecule has 0 unspecified atom stereocenters. The summed E-state index contributed by atoms with van der Waals surface area (Å²) in [5.74, 6) is -3.82. The van der Waals surface area contributed by atoms with Gasteiger partial charge < -0.3 is 14.9 Å². The minimum absolute atomic E-state index is 0.0130. The summed E-state index contributed by atoms with van der Waals surface area (Å²) in [6, 6.07) is 15.5. The summed E-state index contributed by atoms with van der Waals surface area (Å²) in [4.78, 5) is 44.7. The first-order valence-corrected chi connectivity index (χ1v) is 17.0. The van der Waals surface area contributed by atoms with Crippen molar-refractivity contribution in [1.82, 2.24) is 9.80 Å². The molecule has 0 radical (unpaired) electrons. The number of likely N-dealkylation sites (tertiary alicyclic amines) is 1. The monoisotopic (exact) mass is 666 g/mol. The fraction of sp³-hybridized carbons (Fsp3) is 0.447. The van der Waals surface area contributed by atoms with Gasteiger partial charge in [-0.3, -0.25) is 14.4 Å². The van der Waals surface area contributed by atoms with E-state index < -0.39 is 29.6 Å². The van der Waals surface area contributed by atoms with Crippen molar-refractivity contribution in [2.45, 2.75) is 78.4 Å². The van der Waals surface area contributed by atoms with Crippen molar-refractivity contribution >= 4 is 29.2 Å². The maximum Gasteiger partial charge on any atom is 0.253 e. The van der Waals surface area contributed by atoms with Crippen molar-refractivity contribution in [3.63, 3.8) is 0 Å². The third kappa shape index (κ3) is 9.94. The molecule has 4 rings (SSSR count). The average molecular weight is 667 g/mol. The van der Waals surface area contributed by atoms with Gasteiger partial charge in [0, 0.05) is 54.8 Å². The molecule has 252 valence electrons. The van der Waals surface area contributed by atoms with Crippen molar-refractivity contribution in [3.05, 3.63) is 105 Å². The van der Waals surface area contributed by atoms with E-state index in [1.807, 2.05) is 32.9 Å². The first kappa shape index (κ1) is 36.2. The summed E-state index contributed by atoms with van der Waals surface area (Å²) in [6.07, 6.45) is 2.06. The summed E-state index contributed by atoms with van der Waals surface area (Å²) in [7, 11) is 0. The van der Waals surface area contributed by atoms with Crippen molar-refractivity contribution in [2.24, 2.45) is 11.8 Å². The van der Waals surface area contributed by atoms with Gasteiger partial charge in [0.05, 0.1) is 12.0 Å². The Kier molecular flexibility index (Phi) is 13.1. The van der Waals surface area contributed by atoms with Gasteiger partial charge in [0.15, 0.2) is 5.78 Å². The molecule has 1 saturated heterocycles. The molecule has 0 saturated carbocycles. The van der Waals surface area contributed by atoms with E-state index in [2.05, 4.69) is 0 Å². The van der Waals surface area contributed by atoms with Gasteiger partial charge in [-0.1, -0.05) is 44.0 Å². The second-order valence-corrected chi connectivity index (χ2v) is 13.2. The fourth-order valence-corrected chi connectivity index (χ4v) is 6.68. The highest BCUT2D eigenvalue weighted by Crippen LogP contribution is 2.31. The van der Waals surface area contributed by atoms with Crippen LogP contribution in [0.5, 0.6) is 0 Å². The van der Waals surface area contributed by atoms with Gasteiger partial charge >= 0.3 is 0 Å². The highest BCUT2D eigenvalue weighted by molar-refractivity contribution is 6.30. The maximum absolute atomic E-state index is 14.2. The number of rotatable bonds is 14. The molecular weight excluding hydrogens is 622 g/mol. The molecule has 1 fully saturated rings. The lowest BCUT2D eigenvalue weighted by molar-refractivity contribution is -0.140. The van der Waals surface area contributed by atoms with Crippen LogP contribution < -0.4 is 0 Å². The molecule has 0 aromatic heterocycles. The van der Waals surface area contributed by atoms with E-state index in [1.54, 1.807) is 40.1 Å². The summed E-state index contributed by atoms with van der Waals surface area (Å²) >= 11 is 6.05. The number of halogens is 3. The van der Waals surface area contributed by atoms with Crippen LogP contribution in [-0.2, 0) is 17.8 Å². The molecule has 47 heavy (non-hydrogen) atoms. The summed E-state index contributed by atoms with van der Waals surface area (Å²) in [5.41, 5.74) is 2.67. The van der Waals surface area contributed by atoms with Crippen LogP contribution in [0, 0.1) is 30.4 Å². The van der Waals surface area contributed by atoms with Crippen LogP contribution in [-0.4, -0.2) is 58.2 Å². The van der Waals surface area contributed by atoms with Gasteiger partial charge in [0.25, 0.3) is 5.91 Å². The summed E-state index contributed by atoms with van der Waals surface area (Å²) < 4.78 is 28.5. The topological polar surface area (TPSA) is 77.9 Å². The van der Waals surface area contributed by atoms with Crippen LogP contribution in [0.2, 0.25) is 5.02 Å². The predicted molar refractivity (Wildman–Crippen MR) is 180 cm³/mol. The van der Waals surface area contributed by atoms with Crippen molar-refractivity contribution in [3.8, 4) is 0 Å². The van der Waals surface area contributed by atoms with E-state index >= 15 is 0 Å². The molecule has 1 N–H and O–H groups in total. The molecule has 1 aliphatic rings. The first-order chi connectivity index (χ1) is 22.5. The Morgan fingerprint density at radius 1 is 0.936 bits per heavy atom.